The molecule has 0 saturated heterocycles. The van der Waals surface area contributed by atoms with E-state index in [1.165, 1.54) is 11.3 Å². The number of nitrogens with one attached hydrogen (secondary N) is 1. The summed E-state index contributed by atoms with van der Waals surface area (Å²) in [6, 6.07) is 9.23. The fraction of sp³-hybridized carbons (Fsp3) is 0.200. The van der Waals surface area contributed by atoms with Gasteiger partial charge in [0.1, 0.15) is 10.6 Å². The topological polar surface area (TPSA) is 54.5 Å². The van der Waals surface area contributed by atoms with Crippen LogP contribution in [-0.4, -0.2) is 32.1 Å². The van der Waals surface area contributed by atoms with E-state index in [0.29, 0.717) is 16.3 Å². The average molecular weight is 333 g/mol. The molecule has 0 spiro atoms. The second-order valence-electron chi connectivity index (χ2n) is 4.83. The van der Waals surface area contributed by atoms with E-state index < -0.39 is 0 Å². The van der Waals surface area contributed by atoms with Crippen LogP contribution in [0.25, 0.3) is 9.53 Å². The van der Waals surface area contributed by atoms with Crippen molar-refractivity contribution in [3.63, 3.8) is 0 Å². The zero-order valence-electron chi connectivity index (χ0n) is 12.4. The lowest BCUT2D eigenvalue weighted by Gasteiger charge is -2.08. The lowest BCUT2D eigenvalue weighted by Crippen LogP contribution is -2.11. The molecule has 114 valence electrons. The van der Waals surface area contributed by atoms with E-state index in [2.05, 4.69) is 10.3 Å². The number of thiazole rings is 1. The molecule has 0 aliphatic carbocycles. The van der Waals surface area contributed by atoms with Gasteiger partial charge in [0, 0.05) is 14.1 Å². The van der Waals surface area contributed by atoms with Crippen LogP contribution in [0.3, 0.4) is 0 Å². The summed E-state index contributed by atoms with van der Waals surface area (Å²) < 4.78 is 6.27. The summed E-state index contributed by atoms with van der Waals surface area (Å²) in [6.45, 7) is 0. The molecule has 0 atom stereocenters. The van der Waals surface area contributed by atoms with Crippen LogP contribution < -0.4 is 15.0 Å². The number of nitrogens with zero attached hydrogens (tertiary/aromatic N) is 2. The maximum atomic E-state index is 12.4. The van der Waals surface area contributed by atoms with Crippen LogP contribution in [0.15, 0.2) is 30.3 Å². The van der Waals surface area contributed by atoms with Gasteiger partial charge in [-0.15, -0.1) is 11.3 Å². The first-order valence-corrected chi connectivity index (χ1v) is 8.24. The van der Waals surface area contributed by atoms with Gasteiger partial charge >= 0.3 is 0 Å². The zero-order chi connectivity index (χ0) is 15.7. The lowest BCUT2D eigenvalue weighted by molar-refractivity contribution is 0.103. The van der Waals surface area contributed by atoms with E-state index in [1.807, 2.05) is 49.3 Å². The predicted octanol–water partition coefficient (Wildman–Crippen LogP) is 3.68. The van der Waals surface area contributed by atoms with Gasteiger partial charge in [-0.3, -0.25) is 4.79 Å². The molecule has 3 rings (SSSR count). The number of methoxy groups -OCH3 is 1. The van der Waals surface area contributed by atoms with Crippen molar-refractivity contribution in [3.8, 4) is 5.75 Å². The van der Waals surface area contributed by atoms with E-state index in [0.717, 1.165) is 14.7 Å². The Morgan fingerprint density at radius 2 is 2.05 bits per heavy atom. The quantitative estimate of drug-likeness (QED) is 0.791. The summed E-state index contributed by atoms with van der Waals surface area (Å²) in [5.74, 6) is 0.494. The van der Waals surface area contributed by atoms with Crippen molar-refractivity contribution < 1.29 is 9.53 Å². The lowest BCUT2D eigenvalue weighted by atomic mass is 10.3. The van der Waals surface area contributed by atoms with Gasteiger partial charge in [0.05, 0.1) is 22.4 Å². The summed E-state index contributed by atoms with van der Waals surface area (Å²) >= 11 is 2.97. The van der Waals surface area contributed by atoms with Crippen LogP contribution >= 0.6 is 22.7 Å². The highest BCUT2D eigenvalue weighted by atomic mass is 32.1. The van der Waals surface area contributed by atoms with Gasteiger partial charge in [0.25, 0.3) is 5.91 Å². The number of amides is 1. The molecule has 2 aromatic heterocycles. The third kappa shape index (κ3) is 2.77. The highest BCUT2D eigenvalue weighted by molar-refractivity contribution is 7.29. The fourth-order valence-corrected chi connectivity index (χ4v) is 3.99. The minimum Gasteiger partial charge on any atom is -0.495 e. The summed E-state index contributed by atoms with van der Waals surface area (Å²) in [4.78, 5) is 20.4. The minimum absolute atomic E-state index is 0.147. The molecular weight excluding hydrogens is 318 g/mol. The third-order valence-electron chi connectivity index (χ3n) is 3.04. The number of ether oxygens (including phenoxy) is 1. The molecule has 0 radical (unpaired) electrons. The van der Waals surface area contributed by atoms with Crippen molar-refractivity contribution in [2.75, 3.05) is 31.4 Å². The zero-order valence-corrected chi connectivity index (χ0v) is 14.0. The summed E-state index contributed by atoms with van der Waals surface area (Å²) in [5, 5.41) is 3.82. The van der Waals surface area contributed by atoms with Gasteiger partial charge in [-0.05, 0) is 18.2 Å². The first-order valence-electron chi connectivity index (χ1n) is 6.60. The van der Waals surface area contributed by atoms with Crippen LogP contribution in [0, 0.1) is 0 Å². The van der Waals surface area contributed by atoms with Gasteiger partial charge in [-0.1, -0.05) is 23.5 Å². The first-order chi connectivity index (χ1) is 10.6. The second kappa shape index (κ2) is 5.94. The van der Waals surface area contributed by atoms with Gasteiger partial charge in [-0.2, -0.15) is 0 Å². The first kappa shape index (κ1) is 14.8. The molecule has 0 aliphatic rings. The Hall–Kier alpha value is -2.12. The van der Waals surface area contributed by atoms with Gasteiger partial charge < -0.3 is 15.0 Å². The van der Waals surface area contributed by atoms with Gasteiger partial charge in [0.2, 0.25) is 0 Å². The third-order valence-corrected chi connectivity index (χ3v) is 5.37. The largest absolute Gasteiger partial charge is 0.495 e. The second-order valence-corrected chi connectivity index (χ2v) is 6.87. The summed E-state index contributed by atoms with van der Waals surface area (Å²) in [7, 11) is 5.49. The molecule has 0 aliphatic heterocycles. The van der Waals surface area contributed by atoms with Crippen molar-refractivity contribution in [1.29, 1.82) is 0 Å². The van der Waals surface area contributed by atoms with Crippen LogP contribution in [-0.2, 0) is 0 Å². The molecule has 2 heterocycles. The van der Waals surface area contributed by atoms with E-state index >= 15 is 0 Å². The van der Waals surface area contributed by atoms with E-state index in [-0.39, 0.29) is 5.91 Å². The number of benzene rings is 1. The summed E-state index contributed by atoms with van der Waals surface area (Å²) in [6.07, 6.45) is 0. The molecule has 5 nitrogen and oxygen atoms in total. The number of para-hydroxylation sites is 2. The smallest absolute Gasteiger partial charge is 0.265 e. The van der Waals surface area contributed by atoms with Gasteiger partial charge in [-0.25, -0.2) is 4.98 Å². The van der Waals surface area contributed by atoms with Crippen LogP contribution in [0.1, 0.15) is 9.67 Å². The average Bonchev–Trinajstić information content (AvgIpc) is 3.06. The molecule has 1 N–H and O–H groups in total. The van der Waals surface area contributed by atoms with Crippen molar-refractivity contribution >= 4 is 48.9 Å². The van der Waals surface area contributed by atoms with Crippen LogP contribution in [0.2, 0.25) is 0 Å². The normalized spacial score (nSPS) is 10.7. The van der Waals surface area contributed by atoms with Crippen molar-refractivity contribution in [2.24, 2.45) is 0 Å². The van der Waals surface area contributed by atoms with Gasteiger partial charge in [0.15, 0.2) is 5.13 Å². The number of hydrogen-bond donors (Lipinski definition) is 1. The number of thiophene rings is 1. The van der Waals surface area contributed by atoms with E-state index in [9.17, 15) is 4.79 Å². The molecule has 22 heavy (non-hydrogen) atoms. The number of carbonyl (C=O) groups excluding carboxylic acids is 1. The maximum Gasteiger partial charge on any atom is 0.265 e. The van der Waals surface area contributed by atoms with E-state index in [4.69, 9.17) is 4.74 Å². The summed E-state index contributed by atoms with van der Waals surface area (Å²) in [5.41, 5.74) is 0.661. The van der Waals surface area contributed by atoms with Crippen LogP contribution in [0.5, 0.6) is 5.75 Å². The molecular formula is C15H15N3O2S2. The minimum atomic E-state index is -0.147. The SMILES string of the molecule is COc1ccccc1NC(=O)c1cc2sc(N(C)C)nc2s1. The Balaban J connectivity index is 1.84. The Morgan fingerprint density at radius 3 is 2.73 bits per heavy atom. The highest BCUT2D eigenvalue weighted by Gasteiger charge is 2.16. The number of rotatable bonds is 4. The number of aromatic nitrogens is 1. The fourth-order valence-electron chi connectivity index (χ4n) is 1.96. The molecule has 1 amide bonds. The van der Waals surface area contributed by atoms with Crippen molar-refractivity contribution in [1.82, 2.24) is 4.98 Å². The molecule has 0 bridgehead atoms. The molecule has 0 fully saturated rings. The number of anilines is 2. The number of fused-ring (bicyclic) bond motifs is 1. The van der Waals surface area contributed by atoms with Crippen molar-refractivity contribution in [3.05, 3.63) is 35.2 Å². The molecule has 3 aromatic rings. The maximum absolute atomic E-state index is 12.4. The number of carbonyl (C=O) groups is 1. The molecule has 0 saturated carbocycles. The Kier molecular flexibility index (Phi) is 4.00. The van der Waals surface area contributed by atoms with Crippen molar-refractivity contribution in [2.45, 2.75) is 0 Å². The molecule has 1 aromatic carbocycles. The Labute approximate surface area is 136 Å². The molecule has 0 unspecified atom stereocenters. The Morgan fingerprint density at radius 1 is 1.27 bits per heavy atom. The molecule has 7 heteroatoms. The Bertz CT molecular complexity index is 792. The number of hydrogen-bond acceptors (Lipinski definition) is 6. The predicted molar refractivity (Wildman–Crippen MR) is 92.8 cm³/mol. The monoisotopic (exact) mass is 333 g/mol. The standard InChI is InChI=1S/C15H15N3O2S2/c1-18(2)15-17-14-12(22-15)8-11(21-14)13(19)16-9-6-4-5-7-10(9)20-3/h4-8H,1-3H3,(H,16,19). The van der Waals surface area contributed by atoms with E-state index in [1.54, 1.807) is 18.4 Å². The highest BCUT2D eigenvalue weighted by Crippen LogP contribution is 2.34. The van der Waals surface area contributed by atoms with Crippen LogP contribution in [0.4, 0.5) is 10.8 Å².